The minimum atomic E-state index is -1.47. The van der Waals surface area contributed by atoms with E-state index in [4.69, 9.17) is 0 Å². The van der Waals surface area contributed by atoms with Crippen LogP contribution in [0.3, 0.4) is 0 Å². The number of carbonyl (C=O) groups is 2. The lowest BCUT2D eigenvalue weighted by Crippen LogP contribution is -2.51. The highest BCUT2D eigenvalue weighted by Crippen LogP contribution is 2.60. The number of H-pyrrole nitrogens is 1. The fourth-order valence-corrected chi connectivity index (χ4v) is 6.72. The molecule has 4 rings (SSSR count). The summed E-state index contributed by atoms with van der Waals surface area (Å²) in [5, 5.41) is 12.3. The summed E-state index contributed by atoms with van der Waals surface area (Å²) in [7, 11) is -1.16. The second kappa shape index (κ2) is 7.68. The van der Waals surface area contributed by atoms with Gasteiger partial charge >= 0.3 is 6.03 Å². The monoisotopic (exact) mass is 483 g/mol. The lowest BCUT2D eigenvalue weighted by atomic mass is 9.83. The zero-order valence-corrected chi connectivity index (χ0v) is 20.1. The first-order chi connectivity index (χ1) is 15.3. The molecule has 1 fully saturated rings. The van der Waals surface area contributed by atoms with E-state index in [0.29, 0.717) is 23.1 Å². The number of carbonyl (C=O) groups excluding carboxylic acids is 2. The van der Waals surface area contributed by atoms with Crippen LogP contribution in [0.2, 0.25) is 0 Å². The van der Waals surface area contributed by atoms with Crippen LogP contribution in [0.5, 0.6) is 0 Å². The van der Waals surface area contributed by atoms with Crippen molar-refractivity contribution in [1.82, 2.24) is 15.1 Å². The molecule has 0 bridgehead atoms. The maximum absolute atomic E-state index is 14.1. The molecule has 1 aromatic carbocycles. The first-order valence-corrected chi connectivity index (χ1v) is 13.4. The Kier molecular flexibility index (Phi) is 5.46. The zero-order chi connectivity index (χ0) is 24.3. The highest BCUT2D eigenvalue weighted by atomic mass is 32.3. The van der Waals surface area contributed by atoms with Gasteiger partial charge in [-0.1, -0.05) is 0 Å². The summed E-state index contributed by atoms with van der Waals surface area (Å²) < 4.78 is 41.2. The molecule has 33 heavy (non-hydrogen) atoms. The first kappa shape index (κ1) is 23.5. The lowest BCUT2D eigenvalue weighted by Gasteiger charge is -2.53. The van der Waals surface area contributed by atoms with E-state index in [9.17, 15) is 22.8 Å². The van der Waals surface area contributed by atoms with E-state index in [-0.39, 0.29) is 12.5 Å². The summed E-state index contributed by atoms with van der Waals surface area (Å²) in [6.07, 6.45) is 9.04. The Morgan fingerprint density at radius 1 is 1.09 bits per heavy atom. The van der Waals surface area contributed by atoms with Crippen molar-refractivity contribution in [3.05, 3.63) is 40.8 Å². The highest BCUT2D eigenvalue weighted by Gasteiger charge is 2.51. The van der Waals surface area contributed by atoms with E-state index in [0.717, 1.165) is 25.3 Å². The number of benzene rings is 1. The Hall–Kier alpha value is -2.69. The van der Waals surface area contributed by atoms with Crippen molar-refractivity contribution in [2.24, 2.45) is 0 Å². The van der Waals surface area contributed by atoms with E-state index in [2.05, 4.69) is 39.6 Å². The molecule has 0 spiro atoms. The number of nitrogens with one attached hydrogen (secondary N) is 3. The summed E-state index contributed by atoms with van der Waals surface area (Å²) in [5.41, 5.74) is -0.530. The third kappa shape index (κ3) is 3.56. The summed E-state index contributed by atoms with van der Waals surface area (Å²) in [6, 6.07) is 0.594. The Labute approximate surface area is 191 Å². The molecule has 0 atom stereocenters. The van der Waals surface area contributed by atoms with Crippen LogP contribution < -0.4 is 10.6 Å². The smallest absolute Gasteiger partial charge is 0.309 e. The van der Waals surface area contributed by atoms with Crippen LogP contribution in [0.15, 0.2) is 12.1 Å². The number of anilines is 2. The fourth-order valence-electron chi connectivity index (χ4n) is 4.60. The number of aromatic amines is 1. The molecule has 1 aliphatic carbocycles. The Bertz CT molecular complexity index is 1140. The van der Waals surface area contributed by atoms with E-state index in [1.165, 1.54) is 4.90 Å². The standard InChI is InChI=1S/C22H28F3N5O2S/c1-21(2)17-12(11-30(21)20(32)26-16-14(24)8-7-13(23)15(16)25)18(29-28-17)27-19(31)22(9-6-10-22)33(3,4)5/h7-8H,6,9-11H2,1-5H3,(H,26,32)(H2,27,28,29,31). The van der Waals surface area contributed by atoms with Crippen molar-refractivity contribution >= 4 is 33.5 Å². The Morgan fingerprint density at radius 2 is 1.73 bits per heavy atom. The first-order valence-electron chi connectivity index (χ1n) is 10.6. The number of nitrogens with zero attached hydrogens (tertiary/aromatic N) is 2. The van der Waals surface area contributed by atoms with Crippen molar-refractivity contribution in [2.75, 3.05) is 29.4 Å². The molecule has 0 saturated heterocycles. The minimum Gasteiger partial charge on any atom is -0.309 e. The summed E-state index contributed by atoms with van der Waals surface area (Å²) in [6.45, 7) is 3.54. The summed E-state index contributed by atoms with van der Waals surface area (Å²) in [5.74, 6) is -3.55. The third-order valence-corrected chi connectivity index (χ3v) is 9.91. The molecule has 1 saturated carbocycles. The van der Waals surface area contributed by atoms with Gasteiger partial charge in [0.2, 0.25) is 5.91 Å². The van der Waals surface area contributed by atoms with Crippen LogP contribution >= 0.6 is 10.0 Å². The number of amides is 3. The molecule has 2 aliphatic rings. The van der Waals surface area contributed by atoms with Gasteiger partial charge < -0.3 is 15.5 Å². The van der Waals surface area contributed by atoms with Gasteiger partial charge in [0, 0.05) is 5.56 Å². The Balaban J connectivity index is 1.57. The molecule has 2 aromatic rings. The molecule has 1 aliphatic heterocycles. The van der Waals surface area contributed by atoms with Gasteiger partial charge in [-0.3, -0.25) is 9.89 Å². The van der Waals surface area contributed by atoms with Gasteiger partial charge in [-0.25, -0.2) is 28.0 Å². The van der Waals surface area contributed by atoms with Crippen LogP contribution in [-0.2, 0) is 16.9 Å². The highest BCUT2D eigenvalue weighted by molar-refractivity contribution is 8.33. The van der Waals surface area contributed by atoms with Gasteiger partial charge in [0.05, 0.1) is 22.5 Å². The summed E-state index contributed by atoms with van der Waals surface area (Å²) >= 11 is 0. The van der Waals surface area contributed by atoms with Crippen LogP contribution in [0.25, 0.3) is 0 Å². The number of hydrogen-bond donors (Lipinski definition) is 3. The second-order valence-electron chi connectivity index (χ2n) is 9.86. The maximum Gasteiger partial charge on any atom is 0.323 e. The van der Waals surface area contributed by atoms with Crippen molar-refractivity contribution in [3.8, 4) is 0 Å². The van der Waals surface area contributed by atoms with E-state index < -0.39 is 49.5 Å². The fraction of sp³-hybridized carbons (Fsp3) is 0.500. The molecule has 3 N–H and O–H groups in total. The summed E-state index contributed by atoms with van der Waals surface area (Å²) in [4.78, 5) is 27.5. The molecule has 0 radical (unpaired) electrons. The number of urea groups is 1. The predicted octanol–water partition coefficient (Wildman–Crippen LogP) is 4.67. The van der Waals surface area contributed by atoms with Gasteiger partial charge in [-0.05, 0) is 64.0 Å². The lowest BCUT2D eigenvalue weighted by molar-refractivity contribution is -0.120. The van der Waals surface area contributed by atoms with Crippen LogP contribution in [0, 0.1) is 17.5 Å². The van der Waals surface area contributed by atoms with E-state index in [1.54, 1.807) is 13.8 Å². The third-order valence-electron chi connectivity index (χ3n) is 6.97. The molecule has 2 heterocycles. The SMILES string of the molecule is CC1(C)c2[nH]nc(NC(=O)C3(S(C)(C)C)CCC3)c2CN1C(=O)Nc1c(F)ccc(F)c1F. The van der Waals surface area contributed by atoms with E-state index >= 15 is 0 Å². The Morgan fingerprint density at radius 3 is 2.30 bits per heavy atom. The van der Waals surface area contributed by atoms with Gasteiger partial charge in [0.25, 0.3) is 0 Å². The van der Waals surface area contributed by atoms with Crippen molar-refractivity contribution < 1.29 is 22.8 Å². The van der Waals surface area contributed by atoms with Crippen LogP contribution in [-0.4, -0.2) is 50.5 Å². The van der Waals surface area contributed by atoms with Gasteiger partial charge in [0.1, 0.15) is 11.5 Å². The molecule has 0 unspecified atom stereocenters. The van der Waals surface area contributed by atoms with Crippen molar-refractivity contribution in [1.29, 1.82) is 0 Å². The number of halogens is 3. The topological polar surface area (TPSA) is 90.1 Å². The second-order valence-corrected chi connectivity index (χ2v) is 14.3. The van der Waals surface area contributed by atoms with E-state index in [1.807, 2.05) is 0 Å². The molecule has 7 nitrogen and oxygen atoms in total. The number of aromatic nitrogens is 2. The van der Waals surface area contributed by atoms with Gasteiger partial charge in [0.15, 0.2) is 17.5 Å². The number of rotatable bonds is 4. The minimum absolute atomic E-state index is 0.0498. The molecule has 1 aromatic heterocycles. The molecule has 3 amide bonds. The largest absolute Gasteiger partial charge is 0.323 e. The van der Waals surface area contributed by atoms with Crippen LogP contribution in [0.4, 0.5) is 29.5 Å². The number of hydrogen-bond acceptors (Lipinski definition) is 3. The normalized spacial score (nSPS) is 19.0. The zero-order valence-electron chi connectivity index (χ0n) is 19.2. The maximum atomic E-state index is 14.1. The average molecular weight is 484 g/mol. The van der Waals surface area contributed by atoms with Crippen molar-refractivity contribution in [3.63, 3.8) is 0 Å². The van der Waals surface area contributed by atoms with Gasteiger partial charge in [-0.2, -0.15) is 5.10 Å². The quantitative estimate of drug-likeness (QED) is 0.553. The van der Waals surface area contributed by atoms with Gasteiger partial charge in [-0.15, -0.1) is 0 Å². The molecule has 11 heteroatoms. The average Bonchev–Trinajstić information content (AvgIpc) is 3.18. The number of fused-ring (bicyclic) bond motifs is 1. The molecular formula is C22H28F3N5O2S. The predicted molar refractivity (Wildman–Crippen MR) is 123 cm³/mol. The molecular weight excluding hydrogens is 455 g/mol. The van der Waals surface area contributed by atoms with Crippen molar-refractivity contribution in [2.45, 2.75) is 49.9 Å². The molecule has 180 valence electrons. The van der Waals surface area contributed by atoms with Crippen LogP contribution in [0.1, 0.15) is 44.4 Å².